The van der Waals surface area contributed by atoms with E-state index in [4.69, 9.17) is 11.6 Å². The van der Waals surface area contributed by atoms with E-state index in [1.807, 2.05) is 30.3 Å². The van der Waals surface area contributed by atoms with Gasteiger partial charge in [-0.1, -0.05) is 48.0 Å². The van der Waals surface area contributed by atoms with Crippen LogP contribution in [0, 0.1) is 12.2 Å². The van der Waals surface area contributed by atoms with E-state index in [9.17, 15) is 4.39 Å². The fraction of sp³-hybridized carbons (Fsp3) is 0. The third-order valence-corrected chi connectivity index (χ3v) is 2.44. The predicted octanol–water partition coefficient (Wildman–Crippen LogP) is 4.08. The van der Waals surface area contributed by atoms with Gasteiger partial charge in [0.2, 0.25) is 0 Å². The Bertz CT molecular complexity index is 431. The van der Waals surface area contributed by atoms with Gasteiger partial charge in [-0.15, -0.1) is 0 Å². The average molecular weight is 220 g/mol. The largest absolute Gasteiger partial charge is 0.207 e. The van der Waals surface area contributed by atoms with Gasteiger partial charge in [0.1, 0.15) is 5.82 Å². The molecule has 0 bridgehead atoms. The average Bonchev–Trinajstić information content (AvgIpc) is 2.25. The molecule has 0 spiro atoms. The molecule has 0 aliphatic rings. The summed E-state index contributed by atoms with van der Waals surface area (Å²) in [5.74, 6) is -0.300. The normalized spacial score (nSPS) is 10.3. The molecule has 0 aliphatic heterocycles. The highest BCUT2D eigenvalue weighted by Crippen LogP contribution is 2.23. The molecule has 75 valence electrons. The van der Waals surface area contributed by atoms with Gasteiger partial charge in [0.05, 0.1) is 0 Å². The SMILES string of the molecule is Fc1cccc(Cl)c1[CH]c1ccccc1. The molecule has 0 aliphatic carbocycles. The van der Waals surface area contributed by atoms with Crippen molar-refractivity contribution in [2.24, 2.45) is 0 Å². The molecular weight excluding hydrogens is 211 g/mol. The van der Waals surface area contributed by atoms with Gasteiger partial charge in [0.15, 0.2) is 0 Å². The molecule has 0 saturated carbocycles. The Balaban J connectivity index is 2.32. The molecule has 0 fully saturated rings. The zero-order valence-corrected chi connectivity index (χ0v) is 8.71. The van der Waals surface area contributed by atoms with Crippen molar-refractivity contribution < 1.29 is 4.39 Å². The highest BCUT2D eigenvalue weighted by Gasteiger charge is 2.07. The lowest BCUT2D eigenvalue weighted by molar-refractivity contribution is 0.621. The first-order valence-corrected chi connectivity index (χ1v) is 4.99. The smallest absolute Gasteiger partial charge is 0.128 e. The standard InChI is InChI=1S/C13H9ClF/c14-12-7-4-8-13(15)11(12)9-10-5-2-1-3-6-10/h1-9H. The van der Waals surface area contributed by atoms with Gasteiger partial charge >= 0.3 is 0 Å². The second-order valence-electron chi connectivity index (χ2n) is 3.19. The van der Waals surface area contributed by atoms with Crippen LogP contribution in [0.2, 0.25) is 5.02 Å². The van der Waals surface area contributed by atoms with Crippen molar-refractivity contribution in [1.29, 1.82) is 0 Å². The van der Waals surface area contributed by atoms with Crippen LogP contribution in [0.25, 0.3) is 0 Å². The number of hydrogen-bond acceptors (Lipinski definition) is 0. The molecule has 0 N–H and O–H groups in total. The maximum absolute atomic E-state index is 13.4. The first-order valence-electron chi connectivity index (χ1n) is 4.61. The van der Waals surface area contributed by atoms with Crippen LogP contribution in [0.15, 0.2) is 48.5 Å². The minimum atomic E-state index is -0.300. The minimum Gasteiger partial charge on any atom is -0.207 e. The lowest BCUT2D eigenvalue weighted by Crippen LogP contribution is -1.90. The Hall–Kier alpha value is -1.34. The molecule has 0 amide bonds. The molecule has 0 nitrogen and oxygen atoms in total. The van der Waals surface area contributed by atoms with Crippen molar-refractivity contribution in [3.05, 3.63) is 76.9 Å². The first kappa shape index (κ1) is 10.2. The maximum atomic E-state index is 13.4. The summed E-state index contributed by atoms with van der Waals surface area (Å²) in [6, 6.07) is 14.2. The van der Waals surface area contributed by atoms with E-state index in [0.717, 1.165) is 5.56 Å². The van der Waals surface area contributed by atoms with Crippen LogP contribution in [0.1, 0.15) is 11.1 Å². The van der Waals surface area contributed by atoms with Crippen molar-refractivity contribution in [3.8, 4) is 0 Å². The summed E-state index contributed by atoms with van der Waals surface area (Å²) >= 11 is 5.91. The fourth-order valence-corrected chi connectivity index (χ4v) is 1.58. The van der Waals surface area contributed by atoms with E-state index in [0.29, 0.717) is 10.6 Å². The molecule has 0 saturated heterocycles. The van der Waals surface area contributed by atoms with Crippen molar-refractivity contribution in [1.82, 2.24) is 0 Å². The van der Waals surface area contributed by atoms with Crippen LogP contribution in [-0.2, 0) is 0 Å². The summed E-state index contributed by atoms with van der Waals surface area (Å²) in [6.45, 7) is 0. The zero-order valence-electron chi connectivity index (χ0n) is 7.95. The van der Waals surface area contributed by atoms with Gasteiger partial charge in [-0.2, -0.15) is 0 Å². The molecule has 0 unspecified atom stereocenters. The van der Waals surface area contributed by atoms with E-state index in [-0.39, 0.29) is 5.82 Å². The summed E-state index contributed by atoms with van der Waals surface area (Å²) in [5.41, 5.74) is 1.37. The lowest BCUT2D eigenvalue weighted by atomic mass is 10.0. The zero-order chi connectivity index (χ0) is 10.7. The molecule has 0 heterocycles. The van der Waals surface area contributed by atoms with Crippen LogP contribution < -0.4 is 0 Å². The number of rotatable bonds is 2. The molecular formula is C13H9ClF. The van der Waals surface area contributed by atoms with E-state index >= 15 is 0 Å². The second kappa shape index (κ2) is 4.45. The maximum Gasteiger partial charge on any atom is 0.128 e. The van der Waals surface area contributed by atoms with Crippen LogP contribution >= 0.6 is 11.6 Å². The van der Waals surface area contributed by atoms with Crippen LogP contribution in [0.5, 0.6) is 0 Å². The van der Waals surface area contributed by atoms with Crippen molar-refractivity contribution in [2.45, 2.75) is 0 Å². The Morgan fingerprint density at radius 1 is 0.933 bits per heavy atom. The van der Waals surface area contributed by atoms with Crippen molar-refractivity contribution in [2.75, 3.05) is 0 Å². The van der Waals surface area contributed by atoms with E-state index in [1.54, 1.807) is 18.6 Å². The van der Waals surface area contributed by atoms with E-state index < -0.39 is 0 Å². The number of hydrogen-bond donors (Lipinski definition) is 0. The first-order chi connectivity index (χ1) is 7.27. The summed E-state index contributed by atoms with van der Waals surface area (Å²) in [4.78, 5) is 0. The Morgan fingerprint density at radius 2 is 1.67 bits per heavy atom. The molecule has 15 heavy (non-hydrogen) atoms. The molecule has 0 aromatic heterocycles. The van der Waals surface area contributed by atoms with Gasteiger partial charge in [-0.25, -0.2) is 4.39 Å². The fourth-order valence-electron chi connectivity index (χ4n) is 1.36. The summed E-state index contributed by atoms with van der Waals surface area (Å²) in [6.07, 6.45) is 1.73. The molecule has 2 rings (SSSR count). The number of benzene rings is 2. The van der Waals surface area contributed by atoms with Crippen LogP contribution in [-0.4, -0.2) is 0 Å². The van der Waals surface area contributed by atoms with E-state index in [2.05, 4.69) is 0 Å². The summed E-state index contributed by atoms with van der Waals surface area (Å²) in [5, 5.41) is 0.429. The van der Waals surface area contributed by atoms with Crippen LogP contribution in [0.3, 0.4) is 0 Å². The summed E-state index contributed by atoms with van der Waals surface area (Å²) in [7, 11) is 0. The predicted molar refractivity (Wildman–Crippen MR) is 60.4 cm³/mol. The van der Waals surface area contributed by atoms with Crippen molar-refractivity contribution >= 4 is 11.6 Å². The highest BCUT2D eigenvalue weighted by molar-refractivity contribution is 6.31. The lowest BCUT2D eigenvalue weighted by Gasteiger charge is -2.04. The Morgan fingerprint density at radius 3 is 2.33 bits per heavy atom. The van der Waals surface area contributed by atoms with Gasteiger partial charge in [-0.05, 0) is 17.7 Å². The van der Waals surface area contributed by atoms with Gasteiger partial charge in [0, 0.05) is 17.0 Å². The van der Waals surface area contributed by atoms with Crippen LogP contribution in [0.4, 0.5) is 4.39 Å². The van der Waals surface area contributed by atoms with E-state index in [1.165, 1.54) is 6.07 Å². The quantitative estimate of drug-likeness (QED) is 0.714. The van der Waals surface area contributed by atoms with Gasteiger partial charge in [-0.3, -0.25) is 0 Å². The molecule has 0 atom stereocenters. The molecule has 2 heteroatoms. The molecule has 2 aromatic carbocycles. The minimum absolute atomic E-state index is 0.300. The third-order valence-electron chi connectivity index (χ3n) is 2.11. The molecule has 1 radical (unpaired) electrons. The molecule has 2 aromatic rings. The highest BCUT2D eigenvalue weighted by atomic mass is 35.5. The monoisotopic (exact) mass is 219 g/mol. The number of halogens is 2. The Kier molecular flexibility index (Phi) is 3.02. The second-order valence-corrected chi connectivity index (χ2v) is 3.60. The van der Waals surface area contributed by atoms with Gasteiger partial charge < -0.3 is 0 Å². The topological polar surface area (TPSA) is 0 Å². The Labute approximate surface area is 93.3 Å². The van der Waals surface area contributed by atoms with Crippen molar-refractivity contribution in [3.63, 3.8) is 0 Å². The summed E-state index contributed by atoms with van der Waals surface area (Å²) < 4.78 is 13.4. The third kappa shape index (κ3) is 2.37. The van der Waals surface area contributed by atoms with Gasteiger partial charge in [0.25, 0.3) is 0 Å².